The van der Waals surface area contributed by atoms with Crippen LogP contribution in [0.25, 0.3) is 0 Å². The molecule has 0 atom stereocenters. The van der Waals surface area contributed by atoms with Gasteiger partial charge in [0.15, 0.2) is 0 Å². The minimum atomic E-state index is 0.0131. The molecule has 2 aromatic rings. The zero-order valence-corrected chi connectivity index (χ0v) is 13.7. The van der Waals surface area contributed by atoms with Crippen molar-refractivity contribution in [2.75, 3.05) is 55.0 Å². The number of aryl methyl sites for hydroxylation is 1. The molecule has 1 aliphatic heterocycles. The number of aliphatic hydroxyl groups is 1. The Kier molecular flexibility index (Phi) is 5.39. The number of aromatic nitrogens is 3. The largest absolute Gasteiger partial charge is 0.395 e. The number of nitrogens with zero attached hydrogens (tertiary/aromatic N) is 4. The van der Waals surface area contributed by atoms with E-state index >= 15 is 0 Å². The first-order chi connectivity index (χ1) is 11.7. The van der Waals surface area contributed by atoms with Crippen LogP contribution in [0.4, 0.5) is 23.5 Å². The molecule has 0 saturated carbocycles. The van der Waals surface area contributed by atoms with E-state index in [9.17, 15) is 0 Å². The summed E-state index contributed by atoms with van der Waals surface area (Å²) in [6.45, 7) is 5.24. The lowest BCUT2D eigenvalue weighted by Gasteiger charge is -2.27. The van der Waals surface area contributed by atoms with Crippen LogP contribution in [-0.2, 0) is 4.74 Å². The van der Waals surface area contributed by atoms with Gasteiger partial charge in [-0.2, -0.15) is 15.0 Å². The van der Waals surface area contributed by atoms with E-state index in [-0.39, 0.29) is 6.61 Å². The number of morpholine rings is 1. The van der Waals surface area contributed by atoms with Gasteiger partial charge in [0, 0.05) is 25.3 Å². The second-order valence-electron chi connectivity index (χ2n) is 5.53. The van der Waals surface area contributed by atoms with Crippen molar-refractivity contribution in [3.8, 4) is 0 Å². The molecule has 0 bridgehead atoms. The third-order valence-electron chi connectivity index (χ3n) is 3.59. The summed E-state index contributed by atoms with van der Waals surface area (Å²) in [7, 11) is 0. The molecule has 1 aliphatic rings. The van der Waals surface area contributed by atoms with Crippen molar-refractivity contribution in [3.05, 3.63) is 29.8 Å². The molecule has 2 heterocycles. The molecule has 128 valence electrons. The summed E-state index contributed by atoms with van der Waals surface area (Å²) in [5, 5.41) is 15.2. The molecule has 3 rings (SSSR count). The first-order valence-electron chi connectivity index (χ1n) is 8.02. The second-order valence-corrected chi connectivity index (χ2v) is 5.53. The minimum Gasteiger partial charge on any atom is -0.395 e. The summed E-state index contributed by atoms with van der Waals surface area (Å²) >= 11 is 0. The van der Waals surface area contributed by atoms with E-state index in [1.54, 1.807) is 0 Å². The van der Waals surface area contributed by atoms with Crippen molar-refractivity contribution in [1.29, 1.82) is 0 Å². The molecular formula is C16H22N6O2. The molecule has 1 saturated heterocycles. The quantitative estimate of drug-likeness (QED) is 0.726. The molecule has 3 N–H and O–H groups in total. The van der Waals surface area contributed by atoms with Crippen molar-refractivity contribution in [2.45, 2.75) is 6.92 Å². The molecule has 0 aliphatic carbocycles. The smallest absolute Gasteiger partial charge is 0.233 e. The van der Waals surface area contributed by atoms with E-state index in [4.69, 9.17) is 9.84 Å². The van der Waals surface area contributed by atoms with Crippen LogP contribution in [0.15, 0.2) is 24.3 Å². The number of ether oxygens (including phenoxy) is 1. The molecule has 1 fully saturated rings. The van der Waals surface area contributed by atoms with Gasteiger partial charge in [0.1, 0.15) is 0 Å². The minimum absolute atomic E-state index is 0.0131. The Labute approximate surface area is 140 Å². The number of aliphatic hydroxyl groups excluding tert-OH is 1. The van der Waals surface area contributed by atoms with Crippen LogP contribution >= 0.6 is 0 Å². The van der Waals surface area contributed by atoms with Crippen LogP contribution in [0.2, 0.25) is 0 Å². The lowest BCUT2D eigenvalue weighted by Crippen LogP contribution is -2.37. The molecule has 0 radical (unpaired) electrons. The Morgan fingerprint density at radius 3 is 2.71 bits per heavy atom. The molecule has 0 unspecified atom stereocenters. The molecule has 0 amide bonds. The Hall–Kier alpha value is -2.45. The number of hydrogen-bond donors (Lipinski definition) is 3. The number of nitrogens with one attached hydrogen (secondary N) is 2. The third-order valence-corrected chi connectivity index (χ3v) is 3.59. The van der Waals surface area contributed by atoms with E-state index in [1.165, 1.54) is 0 Å². The van der Waals surface area contributed by atoms with Gasteiger partial charge in [-0.25, -0.2) is 0 Å². The molecule has 1 aromatic heterocycles. The van der Waals surface area contributed by atoms with Crippen LogP contribution in [0.5, 0.6) is 0 Å². The first-order valence-corrected chi connectivity index (χ1v) is 8.02. The Balaban J connectivity index is 1.85. The Morgan fingerprint density at radius 2 is 1.96 bits per heavy atom. The van der Waals surface area contributed by atoms with Crippen molar-refractivity contribution < 1.29 is 9.84 Å². The van der Waals surface area contributed by atoms with Crippen LogP contribution in [0.1, 0.15) is 5.56 Å². The maximum Gasteiger partial charge on any atom is 0.233 e. The van der Waals surface area contributed by atoms with Gasteiger partial charge in [-0.15, -0.1) is 0 Å². The Bertz CT molecular complexity index is 675. The van der Waals surface area contributed by atoms with Crippen molar-refractivity contribution >= 4 is 23.5 Å². The van der Waals surface area contributed by atoms with Gasteiger partial charge in [-0.1, -0.05) is 12.1 Å². The van der Waals surface area contributed by atoms with Crippen LogP contribution in [-0.4, -0.2) is 59.5 Å². The average molecular weight is 330 g/mol. The van der Waals surface area contributed by atoms with Gasteiger partial charge in [0.05, 0.1) is 19.8 Å². The van der Waals surface area contributed by atoms with Gasteiger partial charge < -0.3 is 25.4 Å². The normalized spacial score (nSPS) is 14.5. The molecule has 0 spiro atoms. The van der Waals surface area contributed by atoms with Crippen LogP contribution in [0.3, 0.4) is 0 Å². The van der Waals surface area contributed by atoms with Gasteiger partial charge in [0.2, 0.25) is 17.8 Å². The summed E-state index contributed by atoms with van der Waals surface area (Å²) in [5.74, 6) is 1.51. The van der Waals surface area contributed by atoms with E-state index < -0.39 is 0 Å². The highest BCUT2D eigenvalue weighted by Gasteiger charge is 2.16. The lowest BCUT2D eigenvalue weighted by atomic mass is 10.2. The SMILES string of the molecule is Cc1cccc(Nc2nc(NCCO)nc(N3CCOCC3)n2)c1. The summed E-state index contributed by atoms with van der Waals surface area (Å²) in [4.78, 5) is 15.4. The summed E-state index contributed by atoms with van der Waals surface area (Å²) in [6.07, 6.45) is 0. The Morgan fingerprint density at radius 1 is 1.17 bits per heavy atom. The zero-order chi connectivity index (χ0) is 16.8. The predicted octanol–water partition coefficient (Wildman–Crippen LogP) is 1.16. The van der Waals surface area contributed by atoms with E-state index in [2.05, 4.69) is 30.5 Å². The number of rotatable bonds is 6. The summed E-state index contributed by atoms with van der Waals surface area (Å²) < 4.78 is 5.38. The summed E-state index contributed by atoms with van der Waals surface area (Å²) in [6, 6.07) is 8.00. The van der Waals surface area contributed by atoms with Gasteiger partial charge in [-0.3, -0.25) is 0 Å². The molecule has 8 heteroatoms. The number of hydrogen-bond acceptors (Lipinski definition) is 8. The molecule has 1 aromatic carbocycles. The predicted molar refractivity (Wildman–Crippen MR) is 92.9 cm³/mol. The van der Waals surface area contributed by atoms with Gasteiger partial charge >= 0.3 is 0 Å². The van der Waals surface area contributed by atoms with Crippen molar-refractivity contribution in [3.63, 3.8) is 0 Å². The van der Waals surface area contributed by atoms with Crippen LogP contribution < -0.4 is 15.5 Å². The average Bonchev–Trinajstić information content (AvgIpc) is 2.60. The highest BCUT2D eigenvalue weighted by atomic mass is 16.5. The molecule has 8 nitrogen and oxygen atoms in total. The van der Waals surface area contributed by atoms with Gasteiger partial charge in [-0.05, 0) is 24.6 Å². The van der Waals surface area contributed by atoms with E-state index in [0.29, 0.717) is 37.6 Å². The highest BCUT2D eigenvalue weighted by Crippen LogP contribution is 2.19. The maximum atomic E-state index is 9.00. The topological polar surface area (TPSA) is 95.4 Å². The summed E-state index contributed by atoms with van der Waals surface area (Å²) in [5.41, 5.74) is 2.07. The zero-order valence-electron chi connectivity index (χ0n) is 13.7. The fourth-order valence-electron chi connectivity index (χ4n) is 2.42. The fourth-order valence-corrected chi connectivity index (χ4v) is 2.42. The molecular weight excluding hydrogens is 308 g/mol. The van der Waals surface area contributed by atoms with Crippen LogP contribution in [0, 0.1) is 6.92 Å². The maximum absolute atomic E-state index is 9.00. The second kappa shape index (κ2) is 7.89. The van der Waals surface area contributed by atoms with Gasteiger partial charge in [0.25, 0.3) is 0 Å². The third kappa shape index (κ3) is 4.30. The highest BCUT2D eigenvalue weighted by molar-refractivity contribution is 5.56. The number of benzene rings is 1. The van der Waals surface area contributed by atoms with Crippen molar-refractivity contribution in [1.82, 2.24) is 15.0 Å². The molecule has 24 heavy (non-hydrogen) atoms. The standard InChI is InChI=1S/C16H22N6O2/c1-12-3-2-4-13(11-12)18-15-19-14(17-5-8-23)20-16(21-15)22-6-9-24-10-7-22/h2-4,11,23H,5-10H2,1H3,(H2,17,18,19,20,21). The first kappa shape index (κ1) is 16.4. The van der Waals surface area contributed by atoms with Crippen molar-refractivity contribution in [2.24, 2.45) is 0 Å². The van der Waals surface area contributed by atoms with E-state index in [0.717, 1.165) is 24.3 Å². The number of anilines is 4. The monoisotopic (exact) mass is 330 g/mol. The fraction of sp³-hybridized carbons (Fsp3) is 0.438. The lowest BCUT2D eigenvalue weighted by molar-refractivity contribution is 0.122. The van der Waals surface area contributed by atoms with E-state index in [1.807, 2.05) is 31.2 Å².